The summed E-state index contributed by atoms with van der Waals surface area (Å²) in [6, 6.07) is 6.70. The van der Waals surface area contributed by atoms with Gasteiger partial charge in [0.1, 0.15) is 6.54 Å². The fourth-order valence-electron chi connectivity index (χ4n) is 3.00. The number of para-hydroxylation sites is 1. The largest absolute Gasteiger partial charge is 0.350 e. The fraction of sp³-hybridized carbons (Fsp3) is 0.438. The molecule has 0 spiro atoms. The molecule has 2 saturated heterocycles. The lowest BCUT2D eigenvalue weighted by Gasteiger charge is -2.19. The molecule has 2 aliphatic rings. The van der Waals surface area contributed by atoms with Crippen LogP contribution in [0.25, 0.3) is 0 Å². The third kappa shape index (κ3) is 3.31. The van der Waals surface area contributed by atoms with E-state index in [1.54, 1.807) is 35.0 Å². The number of hydrogen-bond acceptors (Lipinski definition) is 3. The van der Waals surface area contributed by atoms with E-state index in [2.05, 4.69) is 5.32 Å². The molecule has 1 aromatic carbocycles. The van der Waals surface area contributed by atoms with Crippen molar-refractivity contribution in [1.29, 1.82) is 0 Å². The molecule has 8 heteroatoms. The first-order valence-corrected chi connectivity index (χ1v) is 8.18. The summed E-state index contributed by atoms with van der Waals surface area (Å²) in [5.41, 5.74) is 0.650. The Labute approximate surface area is 145 Å². The van der Waals surface area contributed by atoms with Gasteiger partial charge in [0, 0.05) is 33.1 Å². The van der Waals surface area contributed by atoms with Crippen LogP contribution in [0.1, 0.15) is 6.42 Å². The molecule has 2 aliphatic heterocycles. The van der Waals surface area contributed by atoms with Crippen molar-refractivity contribution in [1.82, 2.24) is 15.1 Å². The summed E-state index contributed by atoms with van der Waals surface area (Å²) < 4.78 is 0. The van der Waals surface area contributed by atoms with Gasteiger partial charge >= 0.3 is 6.03 Å². The minimum atomic E-state index is -0.281. The van der Waals surface area contributed by atoms with Gasteiger partial charge in [0.2, 0.25) is 11.8 Å². The second-order valence-corrected chi connectivity index (χ2v) is 6.46. The van der Waals surface area contributed by atoms with E-state index in [1.165, 1.54) is 4.90 Å². The number of carbonyl (C=O) groups is 3. The summed E-state index contributed by atoms with van der Waals surface area (Å²) in [5.74, 6) is -0.331. The number of hydrogen-bond donors (Lipinski definition) is 1. The highest BCUT2D eigenvalue weighted by molar-refractivity contribution is 6.33. The third-order valence-electron chi connectivity index (χ3n) is 4.27. The summed E-state index contributed by atoms with van der Waals surface area (Å²) in [5, 5.41) is 3.34. The van der Waals surface area contributed by atoms with E-state index in [0.717, 1.165) is 0 Å². The number of likely N-dealkylation sites (N-methyl/N-ethyl adjacent to an activating group) is 1. The molecule has 24 heavy (non-hydrogen) atoms. The molecule has 1 N–H and O–H groups in total. The Kier molecular flexibility index (Phi) is 4.62. The first kappa shape index (κ1) is 16.6. The van der Waals surface area contributed by atoms with Gasteiger partial charge in [-0.2, -0.15) is 0 Å². The monoisotopic (exact) mass is 350 g/mol. The Morgan fingerprint density at radius 2 is 2.04 bits per heavy atom. The highest BCUT2D eigenvalue weighted by atomic mass is 35.5. The highest BCUT2D eigenvalue weighted by Gasteiger charge is 2.33. The molecule has 1 unspecified atom stereocenters. The molecular formula is C16H19ClN4O3. The maximum Gasteiger partial charge on any atom is 0.320 e. The molecular weight excluding hydrogens is 332 g/mol. The topological polar surface area (TPSA) is 73.0 Å². The number of anilines is 1. The Hall–Kier alpha value is -2.28. The Morgan fingerprint density at radius 3 is 2.71 bits per heavy atom. The summed E-state index contributed by atoms with van der Waals surface area (Å²) in [6.07, 6.45) is 0.227. The van der Waals surface area contributed by atoms with Crippen LogP contribution >= 0.6 is 11.6 Å². The van der Waals surface area contributed by atoms with Crippen LogP contribution < -0.4 is 10.2 Å². The van der Waals surface area contributed by atoms with Crippen molar-refractivity contribution >= 4 is 35.1 Å². The summed E-state index contributed by atoms with van der Waals surface area (Å²) in [6.45, 7) is 1.55. The van der Waals surface area contributed by atoms with Crippen LogP contribution in [0.3, 0.4) is 0 Å². The van der Waals surface area contributed by atoms with Crippen LogP contribution in [-0.2, 0) is 9.59 Å². The minimum absolute atomic E-state index is 0.0138. The number of nitrogens with zero attached hydrogens (tertiary/aromatic N) is 3. The molecule has 0 saturated carbocycles. The van der Waals surface area contributed by atoms with Gasteiger partial charge in [-0.25, -0.2) is 4.79 Å². The van der Waals surface area contributed by atoms with E-state index in [4.69, 9.17) is 11.6 Å². The first-order valence-electron chi connectivity index (χ1n) is 7.80. The number of halogens is 1. The zero-order valence-electron chi connectivity index (χ0n) is 13.4. The zero-order chi connectivity index (χ0) is 17.3. The van der Waals surface area contributed by atoms with E-state index in [9.17, 15) is 14.4 Å². The Morgan fingerprint density at radius 1 is 1.29 bits per heavy atom. The number of amides is 4. The second-order valence-electron chi connectivity index (χ2n) is 6.05. The van der Waals surface area contributed by atoms with E-state index in [0.29, 0.717) is 30.3 Å². The van der Waals surface area contributed by atoms with E-state index in [-0.39, 0.29) is 36.9 Å². The lowest BCUT2D eigenvalue weighted by Crippen LogP contribution is -2.44. The third-order valence-corrected chi connectivity index (χ3v) is 4.59. The maximum atomic E-state index is 12.2. The molecule has 7 nitrogen and oxygen atoms in total. The van der Waals surface area contributed by atoms with E-state index in [1.807, 2.05) is 6.07 Å². The number of rotatable bonds is 4. The van der Waals surface area contributed by atoms with Gasteiger partial charge in [-0.3, -0.25) is 9.59 Å². The molecule has 1 aromatic rings. The van der Waals surface area contributed by atoms with Crippen LogP contribution in [-0.4, -0.2) is 66.9 Å². The van der Waals surface area contributed by atoms with Crippen LogP contribution in [0.5, 0.6) is 0 Å². The molecule has 4 amide bonds. The van der Waals surface area contributed by atoms with Crippen molar-refractivity contribution in [2.24, 2.45) is 0 Å². The van der Waals surface area contributed by atoms with Crippen LogP contribution in [0.4, 0.5) is 10.5 Å². The van der Waals surface area contributed by atoms with Gasteiger partial charge in [-0.1, -0.05) is 23.7 Å². The average molecular weight is 351 g/mol. The van der Waals surface area contributed by atoms with Crippen LogP contribution in [0.2, 0.25) is 5.02 Å². The van der Waals surface area contributed by atoms with Crippen molar-refractivity contribution in [3.05, 3.63) is 29.3 Å². The first-order chi connectivity index (χ1) is 11.5. The molecule has 0 radical (unpaired) electrons. The molecule has 2 fully saturated rings. The van der Waals surface area contributed by atoms with Gasteiger partial charge in [0.15, 0.2) is 0 Å². The SMILES string of the molecule is CN1CCN(CC(=O)NC2CC(=O)N(c3ccccc3Cl)C2)C1=O. The lowest BCUT2D eigenvalue weighted by molar-refractivity contribution is -0.122. The highest BCUT2D eigenvalue weighted by Crippen LogP contribution is 2.28. The fourth-order valence-corrected chi connectivity index (χ4v) is 3.24. The van der Waals surface area contributed by atoms with Crippen molar-refractivity contribution in [2.45, 2.75) is 12.5 Å². The van der Waals surface area contributed by atoms with E-state index >= 15 is 0 Å². The summed E-state index contributed by atoms with van der Waals surface area (Å²) in [7, 11) is 1.71. The molecule has 2 heterocycles. The van der Waals surface area contributed by atoms with Crippen molar-refractivity contribution in [3.63, 3.8) is 0 Å². The Bertz CT molecular complexity index is 681. The molecule has 1 atom stereocenters. The van der Waals surface area contributed by atoms with Crippen LogP contribution in [0.15, 0.2) is 24.3 Å². The predicted molar refractivity (Wildman–Crippen MR) is 90.0 cm³/mol. The van der Waals surface area contributed by atoms with Gasteiger partial charge in [0.05, 0.1) is 16.8 Å². The smallest absolute Gasteiger partial charge is 0.320 e. The van der Waals surface area contributed by atoms with Crippen molar-refractivity contribution in [2.75, 3.05) is 38.1 Å². The second kappa shape index (κ2) is 6.68. The van der Waals surface area contributed by atoms with Gasteiger partial charge in [0.25, 0.3) is 0 Å². The molecule has 3 rings (SSSR count). The number of benzene rings is 1. The van der Waals surface area contributed by atoms with Gasteiger partial charge in [-0.15, -0.1) is 0 Å². The predicted octanol–water partition coefficient (Wildman–Crippen LogP) is 0.929. The molecule has 0 aliphatic carbocycles. The van der Waals surface area contributed by atoms with E-state index < -0.39 is 0 Å². The lowest BCUT2D eigenvalue weighted by atomic mass is 10.2. The molecule has 0 aromatic heterocycles. The molecule has 128 valence electrons. The summed E-state index contributed by atoms with van der Waals surface area (Å²) >= 11 is 6.14. The number of nitrogens with one attached hydrogen (secondary N) is 1. The van der Waals surface area contributed by atoms with Crippen molar-refractivity contribution < 1.29 is 14.4 Å². The minimum Gasteiger partial charge on any atom is -0.350 e. The standard InChI is InChI=1S/C16H19ClN4O3/c1-19-6-7-20(16(19)24)10-14(22)18-11-8-15(23)21(9-11)13-5-3-2-4-12(13)17/h2-5,11H,6-10H2,1H3,(H,18,22). The normalized spacial score (nSPS) is 20.9. The number of carbonyl (C=O) groups excluding carboxylic acids is 3. The van der Waals surface area contributed by atoms with Crippen molar-refractivity contribution in [3.8, 4) is 0 Å². The number of urea groups is 1. The Balaban J connectivity index is 1.57. The average Bonchev–Trinajstić information content (AvgIpc) is 3.05. The summed E-state index contributed by atoms with van der Waals surface area (Å²) in [4.78, 5) is 40.8. The zero-order valence-corrected chi connectivity index (χ0v) is 14.1. The molecule has 0 bridgehead atoms. The quantitative estimate of drug-likeness (QED) is 0.878. The van der Waals surface area contributed by atoms with Gasteiger partial charge in [-0.05, 0) is 12.1 Å². The van der Waals surface area contributed by atoms with Gasteiger partial charge < -0.3 is 20.0 Å². The maximum absolute atomic E-state index is 12.2. The van der Waals surface area contributed by atoms with Crippen LogP contribution in [0, 0.1) is 0 Å².